The van der Waals surface area contributed by atoms with Crippen LogP contribution in [-0.4, -0.2) is 28.3 Å². The number of nitrogens with one attached hydrogen (secondary N) is 2. The van der Waals surface area contributed by atoms with Gasteiger partial charge in [0.25, 0.3) is 5.91 Å². The van der Waals surface area contributed by atoms with E-state index in [4.69, 9.17) is 0 Å². The van der Waals surface area contributed by atoms with Gasteiger partial charge in [0, 0.05) is 25.5 Å². The summed E-state index contributed by atoms with van der Waals surface area (Å²) in [6.07, 6.45) is 2.30. The summed E-state index contributed by atoms with van der Waals surface area (Å²) in [7, 11) is 1.87. The number of carbonyl (C=O) groups excluding carboxylic acids is 1. The number of carbonyl (C=O) groups is 1. The first-order chi connectivity index (χ1) is 11.4. The quantitative estimate of drug-likeness (QED) is 0.840. The fourth-order valence-corrected chi connectivity index (χ4v) is 3.05. The van der Waals surface area contributed by atoms with Gasteiger partial charge in [0.15, 0.2) is 6.54 Å². The summed E-state index contributed by atoms with van der Waals surface area (Å²) in [5.74, 6) is -0.231. The second kappa shape index (κ2) is 6.73. The molecule has 1 unspecified atom stereocenters. The number of rotatable bonds is 6. The van der Waals surface area contributed by atoms with Crippen LogP contribution in [-0.2, 0) is 18.4 Å². The number of hydrogen-bond donors (Lipinski definition) is 2. The molecule has 3 rings (SSSR count). The Balaban J connectivity index is 1.65. The molecule has 128 valence electrons. The Labute approximate surface area is 141 Å². The minimum Gasteiger partial charge on any atom is -0.321 e. The fourth-order valence-electron chi connectivity index (χ4n) is 3.05. The number of quaternary nitrogens is 1. The molecule has 6 heteroatoms. The average molecular weight is 331 g/mol. The van der Waals surface area contributed by atoms with Crippen molar-refractivity contribution in [3.63, 3.8) is 0 Å². The fraction of sp³-hybridized carbons (Fsp3) is 0.444. The summed E-state index contributed by atoms with van der Waals surface area (Å²) >= 11 is 0. The molecule has 2 N–H and O–H groups in total. The standard InChI is InChI=1S/C18H23FN4O/c1-12-18(13(2)22(3)21-12)20-17(24)11-23(16-8-9-16)10-14-4-6-15(19)7-5-14/h4-7,16H,8-11H2,1-3H3,(H,20,24)/p+1. The van der Waals surface area contributed by atoms with Crippen molar-refractivity contribution in [1.82, 2.24) is 9.78 Å². The van der Waals surface area contributed by atoms with E-state index in [9.17, 15) is 9.18 Å². The van der Waals surface area contributed by atoms with Crippen molar-refractivity contribution in [3.8, 4) is 0 Å². The van der Waals surface area contributed by atoms with Crippen LogP contribution in [0, 0.1) is 19.7 Å². The number of nitrogens with zero attached hydrogens (tertiary/aromatic N) is 2. The van der Waals surface area contributed by atoms with E-state index in [2.05, 4.69) is 10.4 Å². The van der Waals surface area contributed by atoms with Gasteiger partial charge in [0.2, 0.25) is 0 Å². The van der Waals surface area contributed by atoms with Crippen LogP contribution >= 0.6 is 0 Å². The van der Waals surface area contributed by atoms with E-state index < -0.39 is 0 Å². The highest BCUT2D eigenvalue weighted by Gasteiger charge is 2.34. The number of aromatic nitrogens is 2. The van der Waals surface area contributed by atoms with E-state index in [1.807, 2.05) is 20.9 Å². The predicted molar refractivity (Wildman–Crippen MR) is 90.3 cm³/mol. The SMILES string of the molecule is Cc1nn(C)c(C)c1NC(=O)C[NH+](Cc1ccc(F)cc1)C1CC1. The van der Waals surface area contributed by atoms with Gasteiger partial charge in [-0.15, -0.1) is 0 Å². The van der Waals surface area contributed by atoms with Gasteiger partial charge >= 0.3 is 0 Å². The molecule has 1 aromatic carbocycles. The van der Waals surface area contributed by atoms with E-state index in [0.29, 0.717) is 12.6 Å². The van der Waals surface area contributed by atoms with Gasteiger partial charge in [0.1, 0.15) is 12.4 Å². The van der Waals surface area contributed by atoms with Crippen LogP contribution < -0.4 is 10.2 Å². The topological polar surface area (TPSA) is 51.4 Å². The second-order valence-electron chi connectivity index (χ2n) is 6.63. The zero-order valence-corrected chi connectivity index (χ0v) is 14.4. The van der Waals surface area contributed by atoms with E-state index in [0.717, 1.165) is 42.0 Å². The van der Waals surface area contributed by atoms with Crippen LogP contribution in [0.25, 0.3) is 0 Å². The van der Waals surface area contributed by atoms with Crippen molar-refractivity contribution < 1.29 is 14.1 Å². The molecule has 5 nitrogen and oxygen atoms in total. The molecule has 0 saturated heterocycles. The molecular weight excluding hydrogens is 307 g/mol. The third kappa shape index (κ3) is 3.82. The Kier molecular flexibility index (Phi) is 4.66. The molecule has 0 radical (unpaired) electrons. The van der Waals surface area contributed by atoms with Crippen molar-refractivity contribution in [2.75, 3.05) is 11.9 Å². The van der Waals surface area contributed by atoms with Gasteiger partial charge < -0.3 is 10.2 Å². The number of aryl methyl sites for hydroxylation is 2. The number of amides is 1. The summed E-state index contributed by atoms with van der Waals surface area (Å²) in [5, 5.41) is 7.33. The lowest BCUT2D eigenvalue weighted by Gasteiger charge is -2.19. The van der Waals surface area contributed by atoms with Crippen LogP contribution in [0.2, 0.25) is 0 Å². The third-order valence-electron chi connectivity index (χ3n) is 4.66. The number of halogens is 1. The molecule has 1 amide bonds. The lowest BCUT2D eigenvalue weighted by molar-refractivity contribution is -0.916. The first kappa shape index (κ1) is 16.6. The molecule has 1 aliphatic rings. The van der Waals surface area contributed by atoms with Crippen LogP contribution in [0.5, 0.6) is 0 Å². The number of anilines is 1. The van der Waals surface area contributed by atoms with Crippen LogP contribution in [0.3, 0.4) is 0 Å². The minimum absolute atomic E-state index is 0.00166. The Bertz CT molecular complexity index is 734. The summed E-state index contributed by atoms with van der Waals surface area (Å²) in [4.78, 5) is 13.7. The maximum atomic E-state index is 13.0. The van der Waals surface area contributed by atoms with E-state index in [1.54, 1.807) is 16.8 Å². The Morgan fingerprint density at radius 1 is 1.33 bits per heavy atom. The van der Waals surface area contributed by atoms with Gasteiger partial charge in [-0.2, -0.15) is 5.10 Å². The van der Waals surface area contributed by atoms with E-state index in [-0.39, 0.29) is 11.7 Å². The molecule has 1 heterocycles. The third-order valence-corrected chi connectivity index (χ3v) is 4.66. The molecule has 2 aromatic rings. The molecular formula is C18H24FN4O+. The number of benzene rings is 1. The summed E-state index contributed by atoms with van der Waals surface area (Å²) < 4.78 is 14.8. The first-order valence-corrected chi connectivity index (χ1v) is 8.33. The maximum Gasteiger partial charge on any atom is 0.279 e. The van der Waals surface area contributed by atoms with E-state index >= 15 is 0 Å². The second-order valence-corrected chi connectivity index (χ2v) is 6.63. The van der Waals surface area contributed by atoms with Gasteiger partial charge in [0.05, 0.1) is 23.1 Å². The van der Waals surface area contributed by atoms with Gasteiger partial charge in [-0.1, -0.05) is 12.1 Å². The van der Waals surface area contributed by atoms with Crippen LogP contribution in [0.4, 0.5) is 10.1 Å². The zero-order valence-electron chi connectivity index (χ0n) is 14.4. The average Bonchev–Trinajstić information content (AvgIpc) is 3.34. The number of hydrogen-bond acceptors (Lipinski definition) is 2. The molecule has 1 fully saturated rings. The van der Waals surface area contributed by atoms with Gasteiger partial charge in [-0.05, 0) is 26.0 Å². The molecule has 1 aliphatic carbocycles. The molecule has 0 aliphatic heterocycles. The highest BCUT2D eigenvalue weighted by Crippen LogP contribution is 2.18. The van der Waals surface area contributed by atoms with Gasteiger partial charge in [-0.25, -0.2) is 4.39 Å². The minimum atomic E-state index is -0.230. The monoisotopic (exact) mass is 331 g/mol. The molecule has 0 bridgehead atoms. The summed E-state index contributed by atoms with van der Waals surface area (Å²) in [6, 6.07) is 7.07. The summed E-state index contributed by atoms with van der Waals surface area (Å²) in [6.45, 7) is 4.99. The first-order valence-electron chi connectivity index (χ1n) is 8.33. The van der Waals surface area contributed by atoms with Crippen LogP contribution in [0.15, 0.2) is 24.3 Å². The Morgan fingerprint density at radius 3 is 2.54 bits per heavy atom. The lowest BCUT2D eigenvalue weighted by Crippen LogP contribution is -3.13. The van der Waals surface area contributed by atoms with Crippen molar-refractivity contribution in [2.45, 2.75) is 39.3 Å². The predicted octanol–water partition coefficient (Wildman–Crippen LogP) is 1.36. The molecule has 1 saturated carbocycles. The molecule has 0 spiro atoms. The van der Waals surface area contributed by atoms with Crippen molar-refractivity contribution in [2.24, 2.45) is 7.05 Å². The van der Waals surface area contributed by atoms with Crippen molar-refractivity contribution in [3.05, 3.63) is 47.0 Å². The largest absolute Gasteiger partial charge is 0.321 e. The van der Waals surface area contributed by atoms with Crippen molar-refractivity contribution >= 4 is 11.6 Å². The van der Waals surface area contributed by atoms with E-state index in [1.165, 1.54) is 17.0 Å². The Morgan fingerprint density at radius 2 is 2.00 bits per heavy atom. The van der Waals surface area contributed by atoms with Crippen LogP contribution in [0.1, 0.15) is 29.8 Å². The molecule has 1 aromatic heterocycles. The normalized spacial score (nSPS) is 15.3. The maximum absolute atomic E-state index is 13.0. The zero-order chi connectivity index (χ0) is 17.3. The molecule has 1 atom stereocenters. The highest BCUT2D eigenvalue weighted by molar-refractivity contribution is 5.92. The summed E-state index contributed by atoms with van der Waals surface area (Å²) in [5.41, 5.74) is 3.64. The molecule has 24 heavy (non-hydrogen) atoms. The highest BCUT2D eigenvalue weighted by atomic mass is 19.1. The Hall–Kier alpha value is -2.21. The van der Waals surface area contributed by atoms with Crippen molar-refractivity contribution in [1.29, 1.82) is 0 Å². The lowest BCUT2D eigenvalue weighted by atomic mass is 10.2. The van der Waals surface area contributed by atoms with Gasteiger partial charge in [-0.3, -0.25) is 9.48 Å². The smallest absolute Gasteiger partial charge is 0.279 e.